The molecular weight excluding hydrogens is 276 g/mol. The van der Waals surface area contributed by atoms with Gasteiger partial charge in [0.25, 0.3) is 5.56 Å². The summed E-state index contributed by atoms with van der Waals surface area (Å²) in [5.41, 5.74) is -0.0551. The average Bonchev–Trinajstić information content (AvgIpc) is 2.38. The van der Waals surface area contributed by atoms with Crippen molar-refractivity contribution < 1.29 is 0 Å². The minimum Gasteiger partial charge on any atom is -0.297 e. The van der Waals surface area contributed by atoms with Crippen LogP contribution in [0.15, 0.2) is 9.59 Å². The topological polar surface area (TPSA) is 54.9 Å². The number of hydrogen-bond donors (Lipinski definition) is 1. The van der Waals surface area contributed by atoms with Crippen LogP contribution in [-0.4, -0.2) is 9.55 Å². The molecule has 5 heteroatoms. The average molecular weight is 299 g/mol. The Labute approximate surface area is 124 Å². The van der Waals surface area contributed by atoms with Crippen LogP contribution in [0.1, 0.15) is 70.4 Å². The molecule has 4 nitrogen and oxygen atoms in total. The lowest BCUT2D eigenvalue weighted by Crippen LogP contribution is -2.43. The molecule has 1 N–H and O–H groups in total. The fraction of sp³-hybridized carbons (Fsp3) is 0.733. The molecule has 2 atom stereocenters. The molecule has 1 heterocycles. The summed E-state index contributed by atoms with van der Waals surface area (Å²) in [7, 11) is 0. The van der Waals surface area contributed by atoms with Crippen molar-refractivity contribution in [2.45, 2.75) is 64.8 Å². The van der Waals surface area contributed by atoms with E-state index in [0.29, 0.717) is 11.5 Å². The van der Waals surface area contributed by atoms with Crippen LogP contribution >= 0.6 is 11.6 Å². The molecule has 1 aliphatic carbocycles. The van der Waals surface area contributed by atoms with E-state index < -0.39 is 0 Å². The normalized spacial score (nSPS) is 23.2. The first kappa shape index (κ1) is 15.4. The van der Waals surface area contributed by atoms with Gasteiger partial charge in [-0.25, -0.2) is 4.79 Å². The Morgan fingerprint density at radius 1 is 1.30 bits per heavy atom. The Bertz CT molecular complexity index is 589. The molecule has 0 aromatic carbocycles. The summed E-state index contributed by atoms with van der Waals surface area (Å²) in [4.78, 5) is 27.5. The van der Waals surface area contributed by atoms with Crippen LogP contribution in [0.2, 0.25) is 5.15 Å². The van der Waals surface area contributed by atoms with Gasteiger partial charge < -0.3 is 0 Å². The van der Waals surface area contributed by atoms with Crippen molar-refractivity contribution >= 4 is 11.6 Å². The highest BCUT2D eigenvalue weighted by atomic mass is 35.5. The van der Waals surface area contributed by atoms with E-state index in [2.05, 4.69) is 11.9 Å². The summed E-state index contributed by atoms with van der Waals surface area (Å²) in [6.07, 6.45) is 5.25. The summed E-state index contributed by atoms with van der Waals surface area (Å²) in [6, 6.07) is 0.0137. The van der Waals surface area contributed by atoms with E-state index in [1.807, 2.05) is 13.8 Å². The number of aromatic nitrogens is 2. The van der Waals surface area contributed by atoms with Crippen molar-refractivity contribution in [3.05, 3.63) is 31.6 Å². The van der Waals surface area contributed by atoms with Crippen LogP contribution in [-0.2, 0) is 0 Å². The van der Waals surface area contributed by atoms with Crippen LogP contribution in [0.25, 0.3) is 0 Å². The molecule has 1 aliphatic rings. The van der Waals surface area contributed by atoms with E-state index in [1.54, 1.807) is 0 Å². The van der Waals surface area contributed by atoms with Crippen molar-refractivity contribution in [1.82, 2.24) is 9.55 Å². The van der Waals surface area contributed by atoms with E-state index >= 15 is 0 Å². The summed E-state index contributed by atoms with van der Waals surface area (Å²) < 4.78 is 1.43. The molecule has 0 bridgehead atoms. The maximum atomic E-state index is 12.7. The zero-order valence-electron chi connectivity index (χ0n) is 12.4. The van der Waals surface area contributed by atoms with E-state index in [0.717, 1.165) is 25.7 Å². The third kappa shape index (κ3) is 2.71. The molecule has 2 rings (SSSR count). The maximum Gasteiger partial charge on any atom is 0.329 e. The predicted octanol–water partition coefficient (Wildman–Crippen LogP) is 3.45. The standard InChI is InChI=1S/C15H23ClN2O2/c1-4-10-7-5-6-8-11(10)18-14(19)12(9(2)3)13(16)17-15(18)20/h9-11H,4-8H2,1-3H3,(H,17,20). The molecule has 0 saturated heterocycles. The predicted molar refractivity (Wildman–Crippen MR) is 81.7 cm³/mol. The van der Waals surface area contributed by atoms with Gasteiger partial charge in [0.1, 0.15) is 5.15 Å². The van der Waals surface area contributed by atoms with Gasteiger partial charge in [-0.05, 0) is 24.7 Å². The fourth-order valence-corrected chi connectivity index (χ4v) is 3.72. The lowest BCUT2D eigenvalue weighted by molar-refractivity contribution is 0.221. The first-order valence-electron chi connectivity index (χ1n) is 7.51. The molecular formula is C15H23ClN2O2. The minimum absolute atomic E-state index is 0.00164. The van der Waals surface area contributed by atoms with Crippen molar-refractivity contribution in [3.63, 3.8) is 0 Å². The lowest BCUT2D eigenvalue weighted by Gasteiger charge is -2.32. The van der Waals surface area contributed by atoms with Gasteiger partial charge in [-0.3, -0.25) is 14.3 Å². The molecule has 0 radical (unpaired) electrons. The molecule has 0 spiro atoms. The van der Waals surface area contributed by atoms with Gasteiger partial charge in [-0.1, -0.05) is 51.6 Å². The smallest absolute Gasteiger partial charge is 0.297 e. The zero-order valence-corrected chi connectivity index (χ0v) is 13.2. The third-order valence-electron chi connectivity index (χ3n) is 4.42. The number of hydrogen-bond acceptors (Lipinski definition) is 2. The van der Waals surface area contributed by atoms with E-state index in [-0.39, 0.29) is 28.4 Å². The lowest BCUT2D eigenvalue weighted by atomic mass is 9.82. The number of nitrogens with zero attached hydrogens (tertiary/aromatic N) is 1. The molecule has 2 unspecified atom stereocenters. The van der Waals surface area contributed by atoms with Crippen molar-refractivity contribution in [2.24, 2.45) is 5.92 Å². The number of aromatic amines is 1. The molecule has 112 valence electrons. The first-order chi connectivity index (χ1) is 9.47. The number of H-pyrrole nitrogens is 1. The summed E-state index contributed by atoms with van der Waals surface area (Å²) in [6.45, 7) is 5.97. The largest absolute Gasteiger partial charge is 0.329 e. The van der Waals surface area contributed by atoms with Crippen LogP contribution in [0.5, 0.6) is 0 Å². The summed E-state index contributed by atoms with van der Waals surface area (Å²) in [5.74, 6) is 0.408. The van der Waals surface area contributed by atoms with Crippen molar-refractivity contribution in [2.75, 3.05) is 0 Å². The Morgan fingerprint density at radius 2 is 1.95 bits per heavy atom. The molecule has 1 fully saturated rings. The van der Waals surface area contributed by atoms with Gasteiger partial charge in [-0.2, -0.15) is 0 Å². The zero-order chi connectivity index (χ0) is 14.9. The Balaban J connectivity index is 2.59. The van der Waals surface area contributed by atoms with Gasteiger partial charge in [0.15, 0.2) is 0 Å². The van der Waals surface area contributed by atoms with Gasteiger partial charge in [-0.15, -0.1) is 0 Å². The van der Waals surface area contributed by atoms with E-state index in [4.69, 9.17) is 11.6 Å². The first-order valence-corrected chi connectivity index (χ1v) is 7.89. The van der Waals surface area contributed by atoms with Crippen LogP contribution < -0.4 is 11.2 Å². The van der Waals surface area contributed by atoms with E-state index in [9.17, 15) is 9.59 Å². The Morgan fingerprint density at radius 3 is 2.55 bits per heavy atom. The number of nitrogens with one attached hydrogen (secondary N) is 1. The number of rotatable bonds is 3. The molecule has 20 heavy (non-hydrogen) atoms. The molecule has 1 saturated carbocycles. The third-order valence-corrected chi connectivity index (χ3v) is 4.72. The SMILES string of the molecule is CCC1CCCCC1n1c(=O)[nH]c(Cl)c(C(C)C)c1=O. The van der Waals surface area contributed by atoms with Crippen LogP contribution in [0, 0.1) is 5.92 Å². The van der Waals surface area contributed by atoms with E-state index in [1.165, 1.54) is 11.0 Å². The van der Waals surface area contributed by atoms with Gasteiger partial charge in [0.2, 0.25) is 0 Å². The van der Waals surface area contributed by atoms with Crippen molar-refractivity contribution in [1.29, 1.82) is 0 Å². The fourth-order valence-electron chi connectivity index (χ4n) is 3.34. The molecule has 0 amide bonds. The van der Waals surface area contributed by atoms with Crippen LogP contribution in [0.3, 0.4) is 0 Å². The van der Waals surface area contributed by atoms with Gasteiger partial charge >= 0.3 is 5.69 Å². The Kier molecular flexibility index (Phi) is 4.74. The summed E-state index contributed by atoms with van der Waals surface area (Å²) in [5, 5.41) is 0.190. The van der Waals surface area contributed by atoms with Gasteiger partial charge in [0.05, 0.1) is 5.56 Å². The Hall–Kier alpha value is -1.03. The molecule has 1 aromatic heterocycles. The second kappa shape index (κ2) is 6.17. The highest BCUT2D eigenvalue weighted by Gasteiger charge is 2.29. The second-order valence-corrected chi connectivity index (χ2v) is 6.39. The second-order valence-electron chi connectivity index (χ2n) is 6.01. The minimum atomic E-state index is -0.366. The number of halogens is 1. The molecule has 0 aliphatic heterocycles. The highest BCUT2D eigenvalue weighted by Crippen LogP contribution is 2.34. The summed E-state index contributed by atoms with van der Waals surface area (Å²) >= 11 is 6.04. The van der Waals surface area contributed by atoms with Crippen molar-refractivity contribution in [3.8, 4) is 0 Å². The quantitative estimate of drug-likeness (QED) is 0.869. The highest BCUT2D eigenvalue weighted by molar-refractivity contribution is 6.30. The van der Waals surface area contributed by atoms with Crippen LogP contribution in [0.4, 0.5) is 0 Å². The maximum absolute atomic E-state index is 12.7. The monoisotopic (exact) mass is 298 g/mol. The molecule has 1 aromatic rings. The van der Waals surface area contributed by atoms with Gasteiger partial charge in [0, 0.05) is 6.04 Å².